The van der Waals surface area contributed by atoms with Crippen LogP contribution in [0, 0.1) is 5.92 Å². The Morgan fingerprint density at radius 2 is 2.05 bits per heavy atom. The molecule has 0 aliphatic carbocycles. The molecule has 0 spiro atoms. The van der Waals surface area contributed by atoms with Crippen molar-refractivity contribution in [3.8, 4) is 0 Å². The summed E-state index contributed by atoms with van der Waals surface area (Å²) >= 11 is 0. The first-order valence-corrected chi connectivity index (χ1v) is 9.34. The van der Waals surface area contributed by atoms with Gasteiger partial charge in [-0.1, -0.05) is 32.0 Å². The molecule has 19 heavy (non-hydrogen) atoms. The summed E-state index contributed by atoms with van der Waals surface area (Å²) < 4.78 is 6.05. The Hall–Kier alpha value is -1.10. The van der Waals surface area contributed by atoms with E-state index in [1.807, 2.05) is 0 Å². The fourth-order valence-corrected chi connectivity index (χ4v) is 2.36. The van der Waals surface area contributed by atoms with Crippen molar-refractivity contribution in [3.05, 3.63) is 23.1 Å². The molecule has 0 aromatic rings. The third-order valence-electron chi connectivity index (χ3n) is 3.79. The summed E-state index contributed by atoms with van der Waals surface area (Å²) in [6.07, 6.45) is 2.77. The molecule has 0 N–H and O–H groups in total. The van der Waals surface area contributed by atoms with E-state index in [1.54, 1.807) is 6.08 Å². The molecule has 2 atom stereocenters. The Labute approximate surface area is 116 Å². The van der Waals surface area contributed by atoms with Crippen molar-refractivity contribution in [2.75, 3.05) is 6.61 Å². The van der Waals surface area contributed by atoms with Gasteiger partial charge in [0, 0.05) is 17.9 Å². The maximum atomic E-state index is 10.6. The van der Waals surface area contributed by atoms with Crippen LogP contribution in [0.25, 0.3) is 10.4 Å². The summed E-state index contributed by atoms with van der Waals surface area (Å²) in [6, 6.07) is -0.373. The number of carbonyl (C=O) groups excluding carboxylic acids is 1. The SMILES string of the molecule is C=C[C@H](CC=O)[C@H](CO[Si](C)(C)C(C)(C)C)N=[N+]=[N-]. The van der Waals surface area contributed by atoms with E-state index in [0.29, 0.717) is 13.0 Å². The Balaban J connectivity index is 4.82. The minimum Gasteiger partial charge on any atom is -0.416 e. The van der Waals surface area contributed by atoms with Crippen molar-refractivity contribution in [2.45, 2.75) is 51.4 Å². The van der Waals surface area contributed by atoms with Gasteiger partial charge in [0.15, 0.2) is 8.32 Å². The molecule has 0 aromatic heterocycles. The number of aldehydes is 1. The lowest BCUT2D eigenvalue weighted by molar-refractivity contribution is -0.108. The van der Waals surface area contributed by atoms with Gasteiger partial charge in [-0.3, -0.25) is 0 Å². The van der Waals surface area contributed by atoms with Crippen molar-refractivity contribution in [1.82, 2.24) is 0 Å². The normalized spacial score (nSPS) is 15.2. The van der Waals surface area contributed by atoms with Gasteiger partial charge in [-0.05, 0) is 29.6 Å². The average molecular weight is 283 g/mol. The fourth-order valence-electron chi connectivity index (χ4n) is 1.34. The molecule has 108 valence electrons. The minimum atomic E-state index is -1.88. The van der Waals surface area contributed by atoms with Crippen molar-refractivity contribution >= 4 is 14.6 Å². The molecular weight excluding hydrogens is 258 g/mol. The Morgan fingerprint density at radius 3 is 2.42 bits per heavy atom. The van der Waals surface area contributed by atoms with E-state index in [4.69, 9.17) is 9.96 Å². The monoisotopic (exact) mass is 283 g/mol. The van der Waals surface area contributed by atoms with Crippen molar-refractivity contribution in [1.29, 1.82) is 0 Å². The molecule has 0 bridgehead atoms. The van der Waals surface area contributed by atoms with E-state index in [-0.39, 0.29) is 17.0 Å². The Bertz CT molecular complexity index is 357. The number of carbonyl (C=O) groups is 1. The predicted molar refractivity (Wildman–Crippen MR) is 80.5 cm³/mol. The van der Waals surface area contributed by atoms with Gasteiger partial charge in [0.05, 0.1) is 6.04 Å². The molecule has 0 aromatic carbocycles. The van der Waals surface area contributed by atoms with Crippen molar-refractivity contribution in [2.24, 2.45) is 11.0 Å². The maximum Gasteiger partial charge on any atom is 0.191 e. The summed E-state index contributed by atoms with van der Waals surface area (Å²) in [6.45, 7) is 14.8. The summed E-state index contributed by atoms with van der Waals surface area (Å²) in [4.78, 5) is 13.5. The number of azide groups is 1. The molecular formula is C13H25N3O2Si. The van der Waals surface area contributed by atoms with Gasteiger partial charge in [0.1, 0.15) is 6.29 Å². The molecule has 5 nitrogen and oxygen atoms in total. The van der Waals surface area contributed by atoms with Crippen LogP contribution in [0.3, 0.4) is 0 Å². The Kier molecular flexibility index (Phi) is 7.04. The molecule has 0 heterocycles. The first kappa shape index (κ1) is 17.9. The quantitative estimate of drug-likeness (QED) is 0.168. The lowest BCUT2D eigenvalue weighted by atomic mass is 9.98. The van der Waals surface area contributed by atoms with Gasteiger partial charge in [-0.15, -0.1) is 6.58 Å². The number of rotatable bonds is 8. The highest BCUT2D eigenvalue weighted by Crippen LogP contribution is 2.36. The van der Waals surface area contributed by atoms with Crippen LogP contribution in [0.1, 0.15) is 27.2 Å². The Morgan fingerprint density at radius 1 is 1.47 bits per heavy atom. The maximum absolute atomic E-state index is 10.6. The van der Waals surface area contributed by atoms with Gasteiger partial charge in [0.25, 0.3) is 0 Å². The smallest absolute Gasteiger partial charge is 0.191 e. The molecule has 0 rings (SSSR count). The van der Waals surface area contributed by atoms with E-state index in [1.165, 1.54) is 0 Å². The molecule has 0 fully saturated rings. The summed E-state index contributed by atoms with van der Waals surface area (Å²) in [5, 5.41) is 3.85. The van der Waals surface area contributed by atoms with Crippen LogP contribution in [0.2, 0.25) is 18.1 Å². The third-order valence-corrected chi connectivity index (χ3v) is 8.29. The largest absolute Gasteiger partial charge is 0.416 e. The second kappa shape index (κ2) is 7.48. The van der Waals surface area contributed by atoms with Crippen LogP contribution in [0.15, 0.2) is 17.8 Å². The van der Waals surface area contributed by atoms with E-state index in [9.17, 15) is 4.79 Å². The highest BCUT2D eigenvalue weighted by Gasteiger charge is 2.37. The zero-order chi connectivity index (χ0) is 15.1. The minimum absolute atomic E-state index is 0.0994. The molecule has 0 aliphatic heterocycles. The van der Waals surface area contributed by atoms with E-state index in [0.717, 1.165) is 6.29 Å². The van der Waals surface area contributed by atoms with Gasteiger partial charge in [-0.2, -0.15) is 0 Å². The standard InChI is InChI=1S/C13H25N3O2Si/c1-7-11(8-9-17)12(15-16-14)10-18-19(5,6)13(2,3)4/h7,9,11-12H,1,8,10H2,2-6H3/t11-,12+/m1/s1. The summed E-state index contributed by atoms with van der Waals surface area (Å²) in [5.41, 5.74) is 8.63. The lowest BCUT2D eigenvalue weighted by Gasteiger charge is -2.37. The summed E-state index contributed by atoms with van der Waals surface area (Å²) in [7, 11) is -1.88. The molecule has 0 saturated carbocycles. The molecule has 0 radical (unpaired) electrons. The fraction of sp³-hybridized carbons (Fsp3) is 0.769. The molecule has 0 saturated heterocycles. The second-order valence-electron chi connectivity index (χ2n) is 6.15. The number of nitrogens with zero attached hydrogens (tertiary/aromatic N) is 3. The van der Waals surface area contributed by atoms with Gasteiger partial charge >= 0.3 is 0 Å². The molecule has 0 unspecified atom stereocenters. The van der Waals surface area contributed by atoms with Crippen molar-refractivity contribution < 1.29 is 9.22 Å². The van der Waals surface area contributed by atoms with Gasteiger partial charge in [0.2, 0.25) is 0 Å². The molecule has 0 amide bonds. The number of hydrogen-bond donors (Lipinski definition) is 0. The van der Waals surface area contributed by atoms with Crippen LogP contribution in [-0.2, 0) is 9.22 Å². The van der Waals surface area contributed by atoms with Crippen LogP contribution in [0.4, 0.5) is 0 Å². The van der Waals surface area contributed by atoms with Crippen LogP contribution >= 0.6 is 0 Å². The van der Waals surface area contributed by atoms with Gasteiger partial charge < -0.3 is 9.22 Å². The summed E-state index contributed by atoms with van der Waals surface area (Å²) in [5.74, 6) is -0.168. The predicted octanol–water partition coefficient (Wildman–Crippen LogP) is 4.08. The average Bonchev–Trinajstić information content (AvgIpc) is 2.30. The van der Waals surface area contributed by atoms with Crippen LogP contribution in [0.5, 0.6) is 0 Å². The first-order valence-electron chi connectivity index (χ1n) is 6.44. The zero-order valence-electron chi connectivity index (χ0n) is 12.6. The van der Waals surface area contributed by atoms with Crippen molar-refractivity contribution in [3.63, 3.8) is 0 Å². The lowest BCUT2D eigenvalue weighted by Crippen LogP contribution is -2.43. The van der Waals surface area contributed by atoms with E-state index < -0.39 is 8.32 Å². The topological polar surface area (TPSA) is 75.1 Å². The second-order valence-corrected chi connectivity index (χ2v) is 11.0. The van der Waals surface area contributed by atoms with Crippen LogP contribution < -0.4 is 0 Å². The molecule has 6 heteroatoms. The van der Waals surface area contributed by atoms with Gasteiger partial charge in [-0.25, -0.2) is 0 Å². The van der Waals surface area contributed by atoms with E-state index >= 15 is 0 Å². The highest BCUT2D eigenvalue weighted by atomic mass is 28.4. The third kappa shape index (κ3) is 5.59. The molecule has 0 aliphatic rings. The zero-order valence-corrected chi connectivity index (χ0v) is 13.6. The van der Waals surface area contributed by atoms with E-state index in [2.05, 4.69) is 50.5 Å². The van der Waals surface area contributed by atoms with Crippen LogP contribution in [-0.4, -0.2) is 27.3 Å². The highest BCUT2D eigenvalue weighted by molar-refractivity contribution is 6.74. The number of hydrogen-bond acceptors (Lipinski definition) is 3. The first-order chi connectivity index (χ1) is 8.69.